The van der Waals surface area contributed by atoms with Gasteiger partial charge in [-0.15, -0.1) is 0 Å². The molecule has 1 heterocycles. The van der Waals surface area contributed by atoms with Gasteiger partial charge in [0.15, 0.2) is 13.1 Å². The first-order valence-corrected chi connectivity index (χ1v) is 9.47. The highest BCUT2D eigenvalue weighted by atomic mass is 16.5. The smallest absolute Gasteiger partial charge is 0.282 e. The van der Waals surface area contributed by atoms with Gasteiger partial charge in [0.2, 0.25) is 5.91 Å². The first-order chi connectivity index (χ1) is 14.0. The summed E-state index contributed by atoms with van der Waals surface area (Å²) in [5.74, 6) is -0.0693. The summed E-state index contributed by atoms with van der Waals surface area (Å²) in [4.78, 5) is 39.6. The van der Waals surface area contributed by atoms with Crippen LogP contribution in [0.25, 0.3) is 0 Å². The van der Waals surface area contributed by atoms with E-state index in [0.717, 1.165) is 4.90 Å². The molecule has 0 saturated heterocycles. The molecule has 0 aliphatic carbocycles. The first-order valence-electron chi connectivity index (χ1n) is 9.47. The lowest BCUT2D eigenvalue weighted by Gasteiger charge is -2.30. The number of carbonyl (C=O) groups is 3. The van der Waals surface area contributed by atoms with Crippen molar-refractivity contribution in [2.24, 2.45) is 0 Å². The first kappa shape index (κ1) is 20.3. The largest absolute Gasteiger partial charge is 0.495 e. The Bertz CT molecular complexity index is 915. The molecule has 1 aliphatic rings. The topological polar surface area (TPSA) is 92.2 Å². The van der Waals surface area contributed by atoms with Gasteiger partial charge in [-0.2, -0.15) is 0 Å². The SMILES string of the molecule is CC[NH+](CC(=O)Nc1ccccc1OC)CC(=O)N1CC(=O)Nc2ccccc21. The molecule has 2 aromatic carbocycles. The lowest BCUT2D eigenvalue weighted by atomic mass is 10.2. The van der Waals surface area contributed by atoms with Gasteiger partial charge in [0.25, 0.3) is 11.8 Å². The Hall–Kier alpha value is -3.39. The third-order valence-electron chi connectivity index (χ3n) is 4.76. The van der Waals surface area contributed by atoms with Gasteiger partial charge in [0.05, 0.1) is 30.7 Å². The molecule has 1 unspecified atom stereocenters. The van der Waals surface area contributed by atoms with E-state index >= 15 is 0 Å². The Morgan fingerprint density at radius 1 is 1.14 bits per heavy atom. The molecule has 3 rings (SSSR count). The Kier molecular flexibility index (Phi) is 6.46. The zero-order valence-electron chi connectivity index (χ0n) is 16.5. The van der Waals surface area contributed by atoms with Crippen LogP contribution in [0.2, 0.25) is 0 Å². The van der Waals surface area contributed by atoms with E-state index in [9.17, 15) is 14.4 Å². The minimum atomic E-state index is -0.232. The zero-order chi connectivity index (χ0) is 20.8. The van der Waals surface area contributed by atoms with Crippen molar-refractivity contribution >= 4 is 34.8 Å². The molecule has 1 aliphatic heterocycles. The van der Waals surface area contributed by atoms with Crippen molar-refractivity contribution in [1.29, 1.82) is 0 Å². The predicted molar refractivity (Wildman–Crippen MR) is 110 cm³/mol. The van der Waals surface area contributed by atoms with E-state index in [1.807, 2.05) is 25.1 Å². The van der Waals surface area contributed by atoms with Gasteiger partial charge in [-0.25, -0.2) is 0 Å². The Labute approximate surface area is 169 Å². The van der Waals surface area contributed by atoms with Crippen LogP contribution in [0.1, 0.15) is 6.92 Å². The number of hydrogen-bond donors (Lipinski definition) is 3. The number of benzene rings is 2. The van der Waals surface area contributed by atoms with E-state index in [0.29, 0.717) is 29.4 Å². The van der Waals surface area contributed by atoms with Crippen LogP contribution in [-0.2, 0) is 14.4 Å². The summed E-state index contributed by atoms with van der Waals surface area (Å²) in [6, 6.07) is 14.3. The molecule has 0 bridgehead atoms. The number of para-hydroxylation sites is 4. The van der Waals surface area contributed by atoms with Crippen molar-refractivity contribution in [3.8, 4) is 5.75 Å². The maximum absolute atomic E-state index is 12.9. The monoisotopic (exact) mass is 397 g/mol. The minimum Gasteiger partial charge on any atom is -0.495 e. The third kappa shape index (κ3) is 4.91. The molecule has 0 saturated carbocycles. The molecule has 2 aromatic rings. The quantitative estimate of drug-likeness (QED) is 0.635. The van der Waals surface area contributed by atoms with Gasteiger partial charge in [-0.3, -0.25) is 19.3 Å². The molecule has 8 nitrogen and oxygen atoms in total. The third-order valence-corrected chi connectivity index (χ3v) is 4.76. The normalized spacial score (nSPS) is 13.9. The standard InChI is InChI=1S/C21H24N4O4/c1-3-24(12-19(26)23-16-9-5-7-11-18(16)29-2)14-21(28)25-13-20(27)22-15-8-4-6-10-17(15)25/h4-11H,3,12-14H2,1-2H3,(H,22,27)(H,23,26)/p+1. The Morgan fingerprint density at radius 2 is 1.86 bits per heavy atom. The van der Waals surface area contributed by atoms with Gasteiger partial charge in [-0.1, -0.05) is 24.3 Å². The predicted octanol–water partition coefficient (Wildman–Crippen LogP) is 0.524. The number of amides is 3. The van der Waals surface area contributed by atoms with Gasteiger partial charge in [0, 0.05) is 0 Å². The summed E-state index contributed by atoms with van der Waals surface area (Å²) in [7, 11) is 1.54. The van der Waals surface area contributed by atoms with Crippen molar-refractivity contribution in [2.75, 3.05) is 48.8 Å². The van der Waals surface area contributed by atoms with E-state index in [1.165, 1.54) is 4.90 Å². The molecule has 0 aromatic heterocycles. The van der Waals surface area contributed by atoms with Crippen LogP contribution in [0.4, 0.5) is 17.1 Å². The van der Waals surface area contributed by atoms with E-state index in [1.54, 1.807) is 37.4 Å². The number of anilines is 3. The van der Waals surface area contributed by atoms with Crippen molar-refractivity contribution < 1.29 is 24.0 Å². The summed E-state index contributed by atoms with van der Waals surface area (Å²) in [5, 5.41) is 5.59. The fourth-order valence-electron chi connectivity index (χ4n) is 3.25. The van der Waals surface area contributed by atoms with Gasteiger partial charge in [0.1, 0.15) is 12.3 Å². The summed E-state index contributed by atoms with van der Waals surface area (Å²) < 4.78 is 5.24. The van der Waals surface area contributed by atoms with Crippen molar-refractivity contribution in [3.05, 3.63) is 48.5 Å². The van der Waals surface area contributed by atoms with E-state index in [2.05, 4.69) is 10.6 Å². The molecule has 152 valence electrons. The number of fused-ring (bicyclic) bond motifs is 1. The number of nitrogens with zero attached hydrogens (tertiary/aromatic N) is 1. The number of likely N-dealkylation sites (N-methyl/N-ethyl adjacent to an activating group) is 1. The van der Waals surface area contributed by atoms with Crippen LogP contribution in [0.5, 0.6) is 5.75 Å². The van der Waals surface area contributed by atoms with Crippen LogP contribution < -0.4 is 25.2 Å². The average Bonchev–Trinajstić information content (AvgIpc) is 2.72. The van der Waals surface area contributed by atoms with Gasteiger partial charge >= 0.3 is 0 Å². The molecule has 3 amide bonds. The second kappa shape index (κ2) is 9.20. The number of nitrogens with one attached hydrogen (secondary N) is 3. The molecule has 0 fully saturated rings. The molecule has 3 N–H and O–H groups in total. The molecular weight excluding hydrogens is 372 g/mol. The highest BCUT2D eigenvalue weighted by Gasteiger charge is 2.29. The molecular formula is C21H25N4O4+. The van der Waals surface area contributed by atoms with Crippen LogP contribution in [0, 0.1) is 0 Å². The molecule has 29 heavy (non-hydrogen) atoms. The fourth-order valence-corrected chi connectivity index (χ4v) is 3.25. The Morgan fingerprint density at radius 3 is 2.62 bits per heavy atom. The van der Waals surface area contributed by atoms with Crippen molar-refractivity contribution in [1.82, 2.24) is 0 Å². The van der Waals surface area contributed by atoms with Crippen molar-refractivity contribution in [3.63, 3.8) is 0 Å². The number of carbonyl (C=O) groups excluding carboxylic acids is 3. The maximum atomic E-state index is 12.9. The number of ether oxygens (including phenoxy) is 1. The van der Waals surface area contributed by atoms with E-state index < -0.39 is 0 Å². The maximum Gasteiger partial charge on any atom is 0.282 e. The number of rotatable bonds is 7. The number of hydrogen-bond acceptors (Lipinski definition) is 4. The second-order valence-electron chi connectivity index (χ2n) is 6.75. The highest BCUT2D eigenvalue weighted by Crippen LogP contribution is 2.28. The highest BCUT2D eigenvalue weighted by molar-refractivity contribution is 6.10. The molecule has 0 radical (unpaired) electrons. The molecule has 1 atom stereocenters. The lowest BCUT2D eigenvalue weighted by molar-refractivity contribution is -0.881. The lowest BCUT2D eigenvalue weighted by Crippen LogP contribution is -3.14. The number of quaternary nitrogens is 1. The van der Waals surface area contributed by atoms with Crippen LogP contribution in [0.3, 0.4) is 0 Å². The Balaban J connectivity index is 1.64. The van der Waals surface area contributed by atoms with E-state index in [-0.39, 0.29) is 37.4 Å². The fraction of sp³-hybridized carbons (Fsp3) is 0.286. The average molecular weight is 397 g/mol. The summed E-state index contributed by atoms with van der Waals surface area (Å²) in [5.41, 5.74) is 1.87. The van der Waals surface area contributed by atoms with Crippen LogP contribution in [-0.4, -0.2) is 51.0 Å². The zero-order valence-corrected chi connectivity index (χ0v) is 16.5. The van der Waals surface area contributed by atoms with Crippen molar-refractivity contribution in [2.45, 2.75) is 6.92 Å². The minimum absolute atomic E-state index is 0.0275. The van der Waals surface area contributed by atoms with Crippen LogP contribution >= 0.6 is 0 Å². The van der Waals surface area contributed by atoms with Crippen LogP contribution in [0.15, 0.2) is 48.5 Å². The van der Waals surface area contributed by atoms with Gasteiger partial charge < -0.3 is 20.3 Å². The molecule has 8 heteroatoms. The summed E-state index contributed by atoms with van der Waals surface area (Å²) in [6.45, 7) is 2.71. The summed E-state index contributed by atoms with van der Waals surface area (Å²) >= 11 is 0. The summed E-state index contributed by atoms with van der Waals surface area (Å²) in [6.07, 6.45) is 0. The van der Waals surface area contributed by atoms with E-state index in [4.69, 9.17) is 4.74 Å². The second-order valence-corrected chi connectivity index (χ2v) is 6.75. The van der Waals surface area contributed by atoms with Gasteiger partial charge in [-0.05, 0) is 31.2 Å². The molecule has 0 spiro atoms. The number of methoxy groups -OCH3 is 1.